The molecule has 1 heterocycles. The third-order valence-electron chi connectivity index (χ3n) is 4.67. The van der Waals surface area contributed by atoms with Crippen molar-refractivity contribution >= 4 is 34.7 Å². The second-order valence-corrected chi connectivity index (χ2v) is 7.70. The van der Waals surface area contributed by atoms with Crippen LogP contribution < -0.4 is 0 Å². The number of esters is 1. The summed E-state index contributed by atoms with van der Waals surface area (Å²) >= 11 is 7.18. The molecule has 1 saturated carbocycles. The van der Waals surface area contributed by atoms with Gasteiger partial charge >= 0.3 is 5.97 Å². The highest BCUT2D eigenvalue weighted by Gasteiger charge is 2.47. The number of halogens is 1. The Bertz CT molecular complexity index is 866. The minimum atomic E-state index is -1.01. The standard InChI is InChI=1S/C19H17ClN2O3S/c1-12-11-26-17(22-12)15(9-21)16(23)10-25-18(24)19(7-2-8-19)13-3-5-14(20)6-4-13/h3-6,11,15H,2,7-8,10H2,1H3/t15-/m1/s1. The first-order valence-corrected chi connectivity index (χ1v) is 9.50. The van der Waals surface area contributed by atoms with E-state index in [1.54, 1.807) is 24.4 Å². The average Bonchev–Trinajstić information content (AvgIpc) is 3.00. The van der Waals surface area contributed by atoms with E-state index < -0.39 is 29.7 Å². The fraction of sp³-hybridized carbons (Fsp3) is 0.368. The van der Waals surface area contributed by atoms with Crippen molar-refractivity contribution < 1.29 is 14.3 Å². The summed E-state index contributed by atoms with van der Waals surface area (Å²) in [5, 5.41) is 12.1. The summed E-state index contributed by atoms with van der Waals surface area (Å²) in [4.78, 5) is 29.2. The van der Waals surface area contributed by atoms with E-state index >= 15 is 0 Å². The van der Waals surface area contributed by atoms with Crippen molar-refractivity contribution in [3.8, 4) is 6.07 Å². The molecule has 0 N–H and O–H groups in total. The van der Waals surface area contributed by atoms with Gasteiger partial charge in [-0.25, -0.2) is 4.98 Å². The summed E-state index contributed by atoms with van der Waals surface area (Å²) in [6, 6.07) is 9.08. The van der Waals surface area contributed by atoms with E-state index in [0.29, 0.717) is 22.9 Å². The van der Waals surface area contributed by atoms with Crippen LogP contribution in [0.3, 0.4) is 0 Å². The Morgan fingerprint density at radius 2 is 2.08 bits per heavy atom. The zero-order chi connectivity index (χ0) is 18.7. The van der Waals surface area contributed by atoms with Gasteiger partial charge in [-0.05, 0) is 37.5 Å². The van der Waals surface area contributed by atoms with Crippen LogP contribution in [0, 0.1) is 18.3 Å². The molecule has 1 atom stereocenters. The van der Waals surface area contributed by atoms with Gasteiger partial charge in [-0.15, -0.1) is 11.3 Å². The zero-order valence-corrected chi connectivity index (χ0v) is 15.8. The van der Waals surface area contributed by atoms with Gasteiger partial charge in [-0.3, -0.25) is 9.59 Å². The van der Waals surface area contributed by atoms with Crippen molar-refractivity contribution in [3.05, 3.63) is 50.9 Å². The molecule has 0 unspecified atom stereocenters. The van der Waals surface area contributed by atoms with Crippen LogP contribution in [0.5, 0.6) is 0 Å². The number of carbonyl (C=O) groups is 2. The number of aromatic nitrogens is 1. The van der Waals surface area contributed by atoms with Gasteiger partial charge < -0.3 is 4.74 Å². The van der Waals surface area contributed by atoms with Crippen LogP contribution in [0.25, 0.3) is 0 Å². The van der Waals surface area contributed by atoms with Gasteiger partial charge in [0.05, 0.1) is 11.5 Å². The molecule has 134 valence electrons. The molecule has 0 radical (unpaired) electrons. The number of hydrogen-bond donors (Lipinski definition) is 0. The van der Waals surface area contributed by atoms with Crippen molar-refractivity contribution in [3.63, 3.8) is 0 Å². The number of thiazole rings is 1. The number of carbonyl (C=O) groups excluding carboxylic acids is 2. The number of rotatable bonds is 6. The van der Waals surface area contributed by atoms with Crippen LogP contribution in [0.1, 0.15) is 41.4 Å². The molecule has 0 bridgehead atoms. The molecule has 0 saturated heterocycles. The molecule has 1 aromatic carbocycles. The van der Waals surface area contributed by atoms with Gasteiger partial charge in [-0.2, -0.15) is 5.26 Å². The normalized spacial score (nSPS) is 16.2. The molecule has 1 aliphatic rings. The molecule has 26 heavy (non-hydrogen) atoms. The molecule has 0 spiro atoms. The molecule has 0 amide bonds. The van der Waals surface area contributed by atoms with E-state index in [1.165, 1.54) is 11.3 Å². The van der Waals surface area contributed by atoms with E-state index in [1.807, 2.05) is 18.2 Å². The fourth-order valence-corrected chi connectivity index (χ4v) is 4.02. The highest BCUT2D eigenvalue weighted by molar-refractivity contribution is 7.09. The van der Waals surface area contributed by atoms with Gasteiger partial charge in [0.2, 0.25) is 0 Å². The van der Waals surface area contributed by atoms with E-state index in [0.717, 1.165) is 17.7 Å². The Labute approximate surface area is 160 Å². The molecule has 1 aromatic heterocycles. The number of nitrogens with zero attached hydrogens (tertiary/aromatic N) is 2. The monoisotopic (exact) mass is 388 g/mol. The number of ketones is 1. The maximum absolute atomic E-state index is 12.7. The summed E-state index contributed by atoms with van der Waals surface area (Å²) in [6.45, 7) is 1.37. The number of Topliss-reactive ketones (excluding diaryl/α,β-unsaturated/α-hetero) is 1. The average molecular weight is 389 g/mol. The Morgan fingerprint density at radius 3 is 2.58 bits per heavy atom. The molecule has 0 aliphatic heterocycles. The topological polar surface area (TPSA) is 80.0 Å². The highest BCUT2D eigenvalue weighted by Crippen LogP contribution is 2.45. The van der Waals surface area contributed by atoms with Crippen molar-refractivity contribution in [2.24, 2.45) is 0 Å². The third-order valence-corrected chi connectivity index (χ3v) is 5.95. The van der Waals surface area contributed by atoms with Crippen LogP contribution >= 0.6 is 22.9 Å². The van der Waals surface area contributed by atoms with E-state index in [4.69, 9.17) is 16.3 Å². The Balaban J connectivity index is 1.68. The largest absolute Gasteiger partial charge is 0.457 e. The lowest BCUT2D eigenvalue weighted by Gasteiger charge is -2.39. The number of ether oxygens (including phenoxy) is 1. The molecule has 5 nitrogen and oxygen atoms in total. The van der Waals surface area contributed by atoms with Crippen molar-refractivity contribution in [2.45, 2.75) is 37.5 Å². The maximum atomic E-state index is 12.7. The third kappa shape index (κ3) is 3.50. The number of aryl methyl sites for hydroxylation is 1. The highest BCUT2D eigenvalue weighted by atomic mass is 35.5. The van der Waals surface area contributed by atoms with Gasteiger partial charge in [0.1, 0.15) is 5.01 Å². The van der Waals surface area contributed by atoms with Gasteiger partial charge in [-0.1, -0.05) is 30.2 Å². The molecule has 2 aromatic rings. The molecule has 3 rings (SSSR count). The van der Waals surface area contributed by atoms with Gasteiger partial charge in [0.25, 0.3) is 0 Å². The van der Waals surface area contributed by atoms with Gasteiger partial charge in [0.15, 0.2) is 18.3 Å². The molecular weight excluding hydrogens is 372 g/mol. The quantitative estimate of drug-likeness (QED) is 0.700. The minimum Gasteiger partial charge on any atom is -0.457 e. The summed E-state index contributed by atoms with van der Waals surface area (Å²) in [6.07, 6.45) is 2.27. The summed E-state index contributed by atoms with van der Waals surface area (Å²) < 4.78 is 5.31. The number of hydrogen-bond acceptors (Lipinski definition) is 6. The van der Waals surface area contributed by atoms with Crippen molar-refractivity contribution in [2.75, 3.05) is 6.61 Å². The number of nitriles is 1. The van der Waals surface area contributed by atoms with E-state index in [9.17, 15) is 14.9 Å². The summed E-state index contributed by atoms with van der Waals surface area (Å²) in [7, 11) is 0. The molecule has 7 heteroatoms. The van der Waals surface area contributed by atoms with Crippen LogP contribution in [0.15, 0.2) is 29.6 Å². The van der Waals surface area contributed by atoms with Crippen LogP contribution in [0.4, 0.5) is 0 Å². The predicted molar refractivity (Wildman–Crippen MR) is 98.2 cm³/mol. The minimum absolute atomic E-state index is 0.425. The lowest BCUT2D eigenvalue weighted by molar-refractivity contribution is -0.157. The predicted octanol–water partition coefficient (Wildman–Crippen LogP) is 3.95. The Kier molecular flexibility index (Phi) is 5.40. The second kappa shape index (κ2) is 7.56. The molecule has 1 fully saturated rings. The van der Waals surface area contributed by atoms with Crippen LogP contribution in [-0.2, 0) is 19.7 Å². The summed E-state index contributed by atoms with van der Waals surface area (Å²) in [5.41, 5.74) is 0.884. The molecule has 1 aliphatic carbocycles. The lowest BCUT2D eigenvalue weighted by atomic mass is 9.64. The van der Waals surface area contributed by atoms with Crippen molar-refractivity contribution in [1.82, 2.24) is 4.98 Å². The van der Waals surface area contributed by atoms with Crippen LogP contribution in [-0.4, -0.2) is 23.3 Å². The fourth-order valence-electron chi connectivity index (χ4n) is 3.04. The second-order valence-electron chi connectivity index (χ2n) is 6.37. The first kappa shape index (κ1) is 18.6. The molecular formula is C19H17ClN2O3S. The first-order valence-electron chi connectivity index (χ1n) is 8.24. The smallest absolute Gasteiger partial charge is 0.316 e. The van der Waals surface area contributed by atoms with E-state index in [2.05, 4.69) is 4.98 Å². The van der Waals surface area contributed by atoms with Gasteiger partial charge in [0, 0.05) is 16.1 Å². The number of benzene rings is 1. The Morgan fingerprint density at radius 1 is 1.38 bits per heavy atom. The Hall–Kier alpha value is -2.23. The van der Waals surface area contributed by atoms with Crippen molar-refractivity contribution in [1.29, 1.82) is 5.26 Å². The van der Waals surface area contributed by atoms with E-state index in [-0.39, 0.29) is 0 Å². The van der Waals surface area contributed by atoms with Crippen LogP contribution in [0.2, 0.25) is 5.02 Å². The SMILES string of the molecule is Cc1csc([C@H](C#N)C(=O)COC(=O)C2(c3ccc(Cl)cc3)CCC2)n1. The lowest BCUT2D eigenvalue weighted by Crippen LogP contribution is -2.44. The zero-order valence-electron chi connectivity index (χ0n) is 14.2. The summed E-state index contributed by atoms with van der Waals surface area (Å²) in [5.74, 6) is -1.89. The maximum Gasteiger partial charge on any atom is 0.316 e. The first-order chi connectivity index (χ1) is 12.5.